The Morgan fingerprint density at radius 3 is 2.71 bits per heavy atom. The van der Waals surface area contributed by atoms with E-state index in [0.717, 1.165) is 11.7 Å². The zero-order chi connectivity index (χ0) is 12.3. The third kappa shape index (κ3) is 2.79. The minimum Gasteiger partial charge on any atom is -0.494 e. The Bertz CT molecular complexity index is 363. The molecule has 3 N–H and O–H groups in total. The topological polar surface area (TPSA) is 47.3 Å². The second-order valence-electron chi connectivity index (χ2n) is 4.81. The first kappa shape index (κ1) is 12.4. The van der Waals surface area contributed by atoms with Gasteiger partial charge in [0.1, 0.15) is 5.75 Å². The maximum atomic E-state index is 5.73. The molecule has 94 valence electrons. The molecule has 3 heteroatoms. The van der Waals surface area contributed by atoms with Crippen LogP contribution in [0.3, 0.4) is 0 Å². The minimum atomic E-state index is 0.185. The molecule has 0 spiro atoms. The number of nitrogens with two attached hydrogens (primary N) is 1. The molecule has 2 unspecified atom stereocenters. The summed E-state index contributed by atoms with van der Waals surface area (Å²) in [6.07, 6.45) is 2.66. The predicted octanol–water partition coefficient (Wildman–Crippen LogP) is 2.64. The molecule has 17 heavy (non-hydrogen) atoms. The SMILES string of the molecule is CCOc1ccccc1C(NN)C(C)C1CC1. The summed E-state index contributed by atoms with van der Waals surface area (Å²) in [5.74, 6) is 8.05. The van der Waals surface area contributed by atoms with Crippen LogP contribution in [-0.2, 0) is 0 Å². The number of para-hydroxylation sites is 1. The number of hydrogen-bond donors (Lipinski definition) is 2. The van der Waals surface area contributed by atoms with Crippen LogP contribution >= 0.6 is 0 Å². The minimum absolute atomic E-state index is 0.185. The van der Waals surface area contributed by atoms with Crippen LogP contribution in [0.2, 0.25) is 0 Å². The summed E-state index contributed by atoms with van der Waals surface area (Å²) in [6, 6.07) is 8.35. The molecular weight excluding hydrogens is 212 g/mol. The van der Waals surface area contributed by atoms with E-state index < -0.39 is 0 Å². The van der Waals surface area contributed by atoms with Gasteiger partial charge in [-0.25, -0.2) is 0 Å². The fourth-order valence-electron chi connectivity index (χ4n) is 2.44. The smallest absolute Gasteiger partial charge is 0.124 e. The van der Waals surface area contributed by atoms with Crippen LogP contribution in [0.1, 0.15) is 38.3 Å². The summed E-state index contributed by atoms with van der Waals surface area (Å²) in [5.41, 5.74) is 4.14. The molecule has 0 amide bonds. The normalized spacial score (nSPS) is 18.8. The maximum Gasteiger partial charge on any atom is 0.124 e. The van der Waals surface area contributed by atoms with Crippen LogP contribution in [0.5, 0.6) is 5.75 Å². The van der Waals surface area contributed by atoms with Crippen molar-refractivity contribution in [2.45, 2.75) is 32.7 Å². The van der Waals surface area contributed by atoms with Gasteiger partial charge in [0.2, 0.25) is 0 Å². The Morgan fingerprint density at radius 2 is 2.12 bits per heavy atom. The Labute approximate surface area is 103 Å². The van der Waals surface area contributed by atoms with Crippen molar-refractivity contribution in [1.82, 2.24) is 5.43 Å². The van der Waals surface area contributed by atoms with Crippen molar-refractivity contribution in [3.05, 3.63) is 29.8 Å². The molecule has 1 fully saturated rings. The molecule has 0 aromatic heterocycles. The Hall–Kier alpha value is -1.06. The lowest BCUT2D eigenvalue weighted by atomic mass is 9.90. The maximum absolute atomic E-state index is 5.73. The van der Waals surface area contributed by atoms with Crippen molar-refractivity contribution in [2.24, 2.45) is 17.7 Å². The summed E-state index contributed by atoms with van der Waals surface area (Å²) < 4.78 is 5.67. The average Bonchev–Trinajstić information content (AvgIpc) is 3.16. The van der Waals surface area contributed by atoms with E-state index in [-0.39, 0.29) is 6.04 Å². The first-order valence-electron chi connectivity index (χ1n) is 6.45. The number of ether oxygens (including phenoxy) is 1. The lowest BCUT2D eigenvalue weighted by molar-refractivity contribution is 0.309. The van der Waals surface area contributed by atoms with E-state index in [1.165, 1.54) is 18.4 Å². The molecule has 1 aromatic carbocycles. The number of rotatable bonds is 6. The standard InChI is InChI=1S/C14H22N2O/c1-3-17-13-7-5-4-6-12(13)14(16-15)10(2)11-8-9-11/h4-7,10-11,14,16H,3,8-9,15H2,1-2H3. The second-order valence-corrected chi connectivity index (χ2v) is 4.81. The van der Waals surface area contributed by atoms with E-state index in [0.29, 0.717) is 12.5 Å². The third-order valence-electron chi connectivity index (χ3n) is 3.62. The summed E-state index contributed by atoms with van der Waals surface area (Å²) >= 11 is 0. The molecule has 0 bridgehead atoms. The number of nitrogens with one attached hydrogen (secondary N) is 1. The molecular formula is C14H22N2O. The molecule has 1 aliphatic rings. The van der Waals surface area contributed by atoms with Crippen molar-refractivity contribution in [1.29, 1.82) is 0 Å². The van der Waals surface area contributed by atoms with Crippen LogP contribution in [0.15, 0.2) is 24.3 Å². The van der Waals surface area contributed by atoms with Gasteiger partial charge in [-0.2, -0.15) is 0 Å². The summed E-state index contributed by atoms with van der Waals surface area (Å²) in [6.45, 7) is 4.96. The van der Waals surface area contributed by atoms with Crippen molar-refractivity contribution in [3.8, 4) is 5.75 Å². The van der Waals surface area contributed by atoms with Gasteiger partial charge in [0.05, 0.1) is 12.6 Å². The van der Waals surface area contributed by atoms with E-state index in [1.807, 2.05) is 25.1 Å². The molecule has 0 aliphatic heterocycles. The fraction of sp³-hybridized carbons (Fsp3) is 0.571. The van der Waals surface area contributed by atoms with Crippen molar-refractivity contribution < 1.29 is 4.74 Å². The van der Waals surface area contributed by atoms with Crippen LogP contribution in [0.4, 0.5) is 0 Å². The Balaban J connectivity index is 2.22. The number of hydrogen-bond acceptors (Lipinski definition) is 3. The van der Waals surface area contributed by atoms with Gasteiger partial charge in [-0.15, -0.1) is 0 Å². The second kappa shape index (κ2) is 5.52. The van der Waals surface area contributed by atoms with Gasteiger partial charge in [0, 0.05) is 5.56 Å². The zero-order valence-electron chi connectivity index (χ0n) is 10.6. The lowest BCUT2D eigenvalue weighted by Gasteiger charge is -2.25. The third-order valence-corrected chi connectivity index (χ3v) is 3.62. The number of benzene rings is 1. The highest BCUT2D eigenvalue weighted by molar-refractivity contribution is 5.36. The van der Waals surface area contributed by atoms with Crippen LogP contribution < -0.4 is 16.0 Å². The van der Waals surface area contributed by atoms with Gasteiger partial charge in [-0.3, -0.25) is 11.3 Å². The highest BCUT2D eigenvalue weighted by atomic mass is 16.5. The van der Waals surface area contributed by atoms with Gasteiger partial charge in [-0.05, 0) is 37.7 Å². The average molecular weight is 234 g/mol. The molecule has 1 aromatic rings. The highest BCUT2D eigenvalue weighted by Gasteiger charge is 2.34. The largest absolute Gasteiger partial charge is 0.494 e. The van der Waals surface area contributed by atoms with E-state index >= 15 is 0 Å². The van der Waals surface area contributed by atoms with Gasteiger partial charge in [0.25, 0.3) is 0 Å². The zero-order valence-corrected chi connectivity index (χ0v) is 10.6. The molecule has 0 radical (unpaired) electrons. The summed E-state index contributed by atoms with van der Waals surface area (Å²) in [4.78, 5) is 0. The van der Waals surface area contributed by atoms with Crippen molar-refractivity contribution in [2.75, 3.05) is 6.61 Å². The predicted molar refractivity (Wildman–Crippen MR) is 69.6 cm³/mol. The monoisotopic (exact) mass is 234 g/mol. The molecule has 2 atom stereocenters. The number of hydrazine groups is 1. The van der Waals surface area contributed by atoms with Crippen LogP contribution in [0, 0.1) is 11.8 Å². The van der Waals surface area contributed by atoms with Gasteiger partial charge in [0.15, 0.2) is 0 Å². The molecule has 2 rings (SSSR count). The highest BCUT2D eigenvalue weighted by Crippen LogP contribution is 2.43. The molecule has 1 aliphatic carbocycles. The molecule has 0 heterocycles. The Kier molecular flexibility index (Phi) is 4.02. The summed E-state index contributed by atoms with van der Waals surface area (Å²) in [7, 11) is 0. The van der Waals surface area contributed by atoms with Gasteiger partial charge < -0.3 is 4.74 Å². The van der Waals surface area contributed by atoms with Crippen molar-refractivity contribution >= 4 is 0 Å². The first-order valence-corrected chi connectivity index (χ1v) is 6.45. The quantitative estimate of drug-likeness (QED) is 0.587. The molecule has 0 saturated heterocycles. The molecule has 3 nitrogen and oxygen atoms in total. The lowest BCUT2D eigenvalue weighted by Crippen LogP contribution is -2.33. The Morgan fingerprint density at radius 1 is 1.41 bits per heavy atom. The van der Waals surface area contributed by atoms with Crippen molar-refractivity contribution in [3.63, 3.8) is 0 Å². The van der Waals surface area contributed by atoms with Crippen LogP contribution in [-0.4, -0.2) is 6.61 Å². The molecule has 1 saturated carbocycles. The van der Waals surface area contributed by atoms with E-state index in [4.69, 9.17) is 10.6 Å². The van der Waals surface area contributed by atoms with E-state index in [9.17, 15) is 0 Å². The first-order chi connectivity index (χ1) is 8.27. The van der Waals surface area contributed by atoms with Gasteiger partial charge in [-0.1, -0.05) is 25.1 Å². The summed E-state index contributed by atoms with van der Waals surface area (Å²) in [5, 5.41) is 0. The van der Waals surface area contributed by atoms with Crippen LogP contribution in [0.25, 0.3) is 0 Å². The van der Waals surface area contributed by atoms with E-state index in [1.54, 1.807) is 0 Å². The van der Waals surface area contributed by atoms with E-state index in [2.05, 4.69) is 18.4 Å². The fourth-order valence-corrected chi connectivity index (χ4v) is 2.44. The van der Waals surface area contributed by atoms with Gasteiger partial charge >= 0.3 is 0 Å².